The van der Waals surface area contributed by atoms with Crippen LogP contribution in [0, 0.1) is 0 Å². The highest BCUT2D eigenvalue weighted by molar-refractivity contribution is 5.91. The molecule has 21 heavy (non-hydrogen) atoms. The summed E-state index contributed by atoms with van der Waals surface area (Å²) < 4.78 is 10.7. The first-order valence-corrected chi connectivity index (χ1v) is 7.07. The van der Waals surface area contributed by atoms with Crippen LogP contribution in [0.5, 0.6) is 11.5 Å². The molecular weight excluding hydrogens is 292 g/mol. The molecule has 1 aliphatic heterocycles. The van der Waals surface area contributed by atoms with Crippen molar-refractivity contribution in [3.63, 3.8) is 0 Å². The summed E-state index contributed by atoms with van der Waals surface area (Å²) in [5.41, 5.74) is 0.734. The summed E-state index contributed by atoms with van der Waals surface area (Å²) in [4.78, 5) is 12.0. The maximum Gasteiger partial charge on any atom is 0.225 e. The van der Waals surface area contributed by atoms with Crippen LogP contribution < -0.4 is 20.1 Å². The van der Waals surface area contributed by atoms with Crippen molar-refractivity contribution < 1.29 is 14.3 Å². The smallest absolute Gasteiger partial charge is 0.225 e. The van der Waals surface area contributed by atoms with E-state index in [0.717, 1.165) is 25.1 Å². The maximum absolute atomic E-state index is 12.0. The molecule has 1 aromatic carbocycles. The van der Waals surface area contributed by atoms with E-state index in [1.165, 1.54) is 0 Å². The Morgan fingerprint density at radius 2 is 2.24 bits per heavy atom. The normalized spacial score (nSPS) is 17.0. The predicted molar refractivity (Wildman–Crippen MR) is 85.7 cm³/mol. The van der Waals surface area contributed by atoms with E-state index >= 15 is 0 Å². The van der Waals surface area contributed by atoms with Gasteiger partial charge in [0.05, 0.1) is 13.7 Å². The Labute approximate surface area is 131 Å². The van der Waals surface area contributed by atoms with Gasteiger partial charge in [0.2, 0.25) is 5.91 Å². The lowest BCUT2D eigenvalue weighted by Gasteiger charge is -2.13. The van der Waals surface area contributed by atoms with E-state index in [4.69, 9.17) is 9.47 Å². The number of carbonyl (C=O) groups is 1. The molecule has 1 saturated heterocycles. The van der Waals surface area contributed by atoms with E-state index in [2.05, 4.69) is 10.6 Å². The van der Waals surface area contributed by atoms with Crippen LogP contribution in [0.3, 0.4) is 0 Å². The lowest BCUT2D eigenvalue weighted by atomic mass is 10.1. The number of benzene rings is 1. The second-order valence-electron chi connectivity index (χ2n) is 4.84. The monoisotopic (exact) mass is 314 g/mol. The highest BCUT2D eigenvalue weighted by Gasteiger charge is 2.18. The molecule has 1 aromatic rings. The summed E-state index contributed by atoms with van der Waals surface area (Å²) in [5, 5.41) is 6.22. The van der Waals surface area contributed by atoms with Crippen LogP contribution in [0.15, 0.2) is 18.2 Å². The van der Waals surface area contributed by atoms with Crippen LogP contribution in [0.4, 0.5) is 5.69 Å². The quantitative estimate of drug-likeness (QED) is 0.847. The number of carbonyl (C=O) groups excluding carboxylic acids is 1. The van der Waals surface area contributed by atoms with E-state index < -0.39 is 0 Å². The first-order chi connectivity index (χ1) is 9.72. The van der Waals surface area contributed by atoms with Gasteiger partial charge in [-0.2, -0.15) is 0 Å². The molecule has 1 amide bonds. The molecule has 0 radical (unpaired) electrons. The van der Waals surface area contributed by atoms with E-state index in [0.29, 0.717) is 30.6 Å². The third kappa shape index (κ3) is 5.10. The molecule has 1 heterocycles. The van der Waals surface area contributed by atoms with Crippen molar-refractivity contribution in [2.24, 2.45) is 0 Å². The van der Waals surface area contributed by atoms with Gasteiger partial charge < -0.3 is 20.1 Å². The average Bonchev–Trinajstić information content (AvgIpc) is 2.92. The second kappa shape index (κ2) is 8.74. The topological polar surface area (TPSA) is 59.6 Å². The summed E-state index contributed by atoms with van der Waals surface area (Å²) in [6.07, 6.45) is 2.73. The fourth-order valence-corrected chi connectivity index (χ4v) is 2.39. The number of halogens is 1. The minimum atomic E-state index is 0. The Morgan fingerprint density at radius 3 is 2.86 bits per heavy atom. The number of nitrogens with one attached hydrogen (secondary N) is 2. The number of methoxy groups -OCH3 is 1. The van der Waals surface area contributed by atoms with Gasteiger partial charge in [0.25, 0.3) is 0 Å². The third-order valence-corrected chi connectivity index (χ3v) is 3.34. The lowest BCUT2D eigenvalue weighted by molar-refractivity contribution is -0.116. The van der Waals surface area contributed by atoms with Crippen LogP contribution in [0.1, 0.15) is 26.2 Å². The highest BCUT2D eigenvalue weighted by Crippen LogP contribution is 2.30. The zero-order valence-corrected chi connectivity index (χ0v) is 13.3. The number of hydrogen-bond donors (Lipinski definition) is 2. The summed E-state index contributed by atoms with van der Waals surface area (Å²) >= 11 is 0. The van der Waals surface area contributed by atoms with Gasteiger partial charge in [-0.1, -0.05) is 0 Å². The summed E-state index contributed by atoms with van der Waals surface area (Å²) in [6, 6.07) is 5.72. The Bertz CT molecular complexity index is 462. The van der Waals surface area contributed by atoms with E-state index in [1.54, 1.807) is 19.2 Å². The number of ether oxygens (including phenoxy) is 2. The number of anilines is 1. The first-order valence-electron chi connectivity index (χ1n) is 7.07. The van der Waals surface area contributed by atoms with Crippen LogP contribution >= 0.6 is 12.4 Å². The zero-order chi connectivity index (χ0) is 14.4. The largest absolute Gasteiger partial charge is 0.493 e. The molecule has 1 atom stereocenters. The Hall–Kier alpha value is -1.46. The zero-order valence-electron chi connectivity index (χ0n) is 12.5. The van der Waals surface area contributed by atoms with Crippen molar-refractivity contribution in [2.45, 2.75) is 32.2 Å². The van der Waals surface area contributed by atoms with Gasteiger partial charge in [0.1, 0.15) is 0 Å². The Morgan fingerprint density at radius 1 is 1.43 bits per heavy atom. The molecule has 0 saturated carbocycles. The molecule has 6 heteroatoms. The molecule has 2 N–H and O–H groups in total. The molecular formula is C15H23ClN2O3. The molecule has 5 nitrogen and oxygen atoms in total. The predicted octanol–water partition coefficient (Wildman–Crippen LogP) is 2.60. The highest BCUT2D eigenvalue weighted by atomic mass is 35.5. The van der Waals surface area contributed by atoms with Crippen molar-refractivity contribution in [1.82, 2.24) is 5.32 Å². The fraction of sp³-hybridized carbons (Fsp3) is 0.533. The SMILES string of the molecule is CCOc1cc(NC(=O)CC2CCCN2)ccc1OC.Cl. The van der Waals surface area contributed by atoms with Crippen LogP contribution in [-0.4, -0.2) is 32.2 Å². The van der Waals surface area contributed by atoms with E-state index in [9.17, 15) is 4.79 Å². The van der Waals surface area contributed by atoms with Gasteiger partial charge in [-0.15, -0.1) is 12.4 Å². The molecule has 1 unspecified atom stereocenters. The molecule has 118 valence electrons. The minimum absolute atomic E-state index is 0. The van der Waals surface area contributed by atoms with Crippen molar-refractivity contribution in [3.8, 4) is 11.5 Å². The Kier molecular flexibility index (Phi) is 7.32. The van der Waals surface area contributed by atoms with Gasteiger partial charge in [0, 0.05) is 24.2 Å². The van der Waals surface area contributed by atoms with Gasteiger partial charge in [-0.3, -0.25) is 4.79 Å². The van der Waals surface area contributed by atoms with E-state index in [-0.39, 0.29) is 18.3 Å². The van der Waals surface area contributed by atoms with Crippen molar-refractivity contribution >= 4 is 24.0 Å². The standard InChI is InChI=1S/C15H22N2O3.ClH/c1-3-20-14-9-12(6-7-13(14)19-2)17-15(18)10-11-5-4-8-16-11;/h6-7,9,11,16H,3-5,8,10H2,1-2H3,(H,17,18);1H. The molecule has 0 bridgehead atoms. The average molecular weight is 315 g/mol. The van der Waals surface area contributed by atoms with Crippen molar-refractivity contribution in [3.05, 3.63) is 18.2 Å². The summed E-state index contributed by atoms with van der Waals surface area (Å²) in [6.45, 7) is 3.48. The second-order valence-corrected chi connectivity index (χ2v) is 4.84. The number of hydrogen-bond acceptors (Lipinski definition) is 4. The molecule has 1 fully saturated rings. The van der Waals surface area contributed by atoms with Crippen LogP contribution in [0.2, 0.25) is 0 Å². The van der Waals surface area contributed by atoms with Gasteiger partial charge in [-0.05, 0) is 38.4 Å². The molecule has 1 aliphatic rings. The fourth-order valence-electron chi connectivity index (χ4n) is 2.39. The minimum Gasteiger partial charge on any atom is -0.493 e. The van der Waals surface area contributed by atoms with Gasteiger partial charge >= 0.3 is 0 Å². The third-order valence-electron chi connectivity index (χ3n) is 3.34. The van der Waals surface area contributed by atoms with E-state index in [1.807, 2.05) is 13.0 Å². The maximum atomic E-state index is 12.0. The molecule has 0 aliphatic carbocycles. The van der Waals surface area contributed by atoms with Crippen molar-refractivity contribution in [1.29, 1.82) is 0 Å². The first kappa shape index (κ1) is 17.6. The lowest BCUT2D eigenvalue weighted by Crippen LogP contribution is -2.27. The summed E-state index contributed by atoms with van der Waals surface area (Å²) in [7, 11) is 1.60. The number of rotatable bonds is 6. The molecule has 0 spiro atoms. The Balaban J connectivity index is 0.00000220. The van der Waals surface area contributed by atoms with Crippen LogP contribution in [0.25, 0.3) is 0 Å². The number of amides is 1. The molecule has 0 aromatic heterocycles. The summed E-state index contributed by atoms with van der Waals surface area (Å²) in [5.74, 6) is 1.34. The van der Waals surface area contributed by atoms with Crippen LogP contribution in [-0.2, 0) is 4.79 Å². The van der Waals surface area contributed by atoms with Crippen molar-refractivity contribution in [2.75, 3.05) is 25.6 Å². The van der Waals surface area contributed by atoms with Gasteiger partial charge in [0.15, 0.2) is 11.5 Å². The van der Waals surface area contributed by atoms with Gasteiger partial charge in [-0.25, -0.2) is 0 Å². The molecule has 2 rings (SSSR count).